The van der Waals surface area contributed by atoms with Crippen LogP contribution in [0.4, 0.5) is 0 Å². The molecular weight excluding hydrogens is 144 g/mol. The number of hydrogen-bond acceptors (Lipinski definition) is 0. The largest absolute Gasteiger partial charge is 0.106 e. The lowest BCUT2D eigenvalue weighted by molar-refractivity contribution is 0.151. The van der Waals surface area contributed by atoms with Gasteiger partial charge in [0, 0.05) is 0 Å². The molecule has 2 unspecified atom stereocenters. The highest BCUT2D eigenvalue weighted by atomic mass is 14.3. The molecule has 1 saturated carbocycles. The molecule has 0 bridgehead atoms. The first-order valence-electron chi connectivity index (χ1n) is 5.11. The second kappa shape index (κ2) is 5.40. The maximum absolute atomic E-state index is 3.00. The number of rotatable bonds is 0. The summed E-state index contributed by atoms with van der Waals surface area (Å²) < 4.78 is 0. The fourth-order valence-corrected chi connectivity index (χ4v) is 2.36. The quantitative estimate of drug-likeness (QED) is 0.477. The SMILES string of the molecule is C=C.CC1CC(C)C(C)C(C)C1. The van der Waals surface area contributed by atoms with Gasteiger partial charge in [0.15, 0.2) is 0 Å². The number of hydrogen-bond donors (Lipinski definition) is 0. The van der Waals surface area contributed by atoms with Gasteiger partial charge in [-0.25, -0.2) is 0 Å². The zero-order chi connectivity index (χ0) is 9.72. The van der Waals surface area contributed by atoms with Crippen LogP contribution in [0.5, 0.6) is 0 Å². The molecule has 1 rings (SSSR count). The molecule has 0 spiro atoms. The van der Waals surface area contributed by atoms with E-state index in [2.05, 4.69) is 40.9 Å². The van der Waals surface area contributed by atoms with E-state index < -0.39 is 0 Å². The Hall–Kier alpha value is -0.260. The van der Waals surface area contributed by atoms with Crippen molar-refractivity contribution in [3.8, 4) is 0 Å². The average molecular weight is 168 g/mol. The summed E-state index contributed by atoms with van der Waals surface area (Å²) in [5.74, 6) is 3.84. The molecule has 0 aliphatic heterocycles. The monoisotopic (exact) mass is 168 g/mol. The standard InChI is InChI=1S/C10H20.C2H4/c1-7-5-8(2)10(4)9(3)6-7;1-2/h7-10H,5-6H2,1-4H3;1-2H2. The first-order valence-corrected chi connectivity index (χ1v) is 5.11. The van der Waals surface area contributed by atoms with Gasteiger partial charge in [-0.1, -0.05) is 27.7 Å². The van der Waals surface area contributed by atoms with Crippen LogP contribution in [0.15, 0.2) is 13.2 Å². The fraction of sp³-hybridized carbons (Fsp3) is 0.833. The van der Waals surface area contributed by atoms with E-state index in [9.17, 15) is 0 Å². The first-order chi connectivity index (χ1) is 5.61. The zero-order valence-corrected chi connectivity index (χ0v) is 9.14. The van der Waals surface area contributed by atoms with Crippen molar-refractivity contribution >= 4 is 0 Å². The molecule has 0 saturated heterocycles. The first kappa shape index (κ1) is 11.7. The molecule has 0 heteroatoms. The van der Waals surface area contributed by atoms with Gasteiger partial charge in [-0.2, -0.15) is 0 Å². The highest BCUT2D eigenvalue weighted by molar-refractivity contribution is 4.77. The van der Waals surface area contributed by atoms with Crippen molar-refractivity contribution in [2.45, 2.75) is 40.5 Å². The van der Waals surface area contributed by atoms with E-state index >= 15 is 0 Å². The second-order valence-electron chi connectivity index (χ2n) is 4.39. The fourth-order valence-electron chi connectivity index (χ4n) is 2.36. The molecule has 0 radical (unpaired) electrons. The van der Waals surface area contributed by atoms with Crippen LogP contribution in [0, 0.1) is 23.7 Å². The molecule has 0 heterocycles. The minimum atomic E-state index is 0.955. The van der Waals surface area contributed by atoms with Crippen molar-refractivity contribution < 1.29 is 0 Å². The van der Waals surface area contributed by atoms with E-state index in [0.29, 0.717) is 0 Å². The molecule has 2 atom stereocenters. The molecule has 1 aliphatic carbocycles. The van der Waals surface area contributed by atoms with Crippen LogP contribution in [0.3, 0.4) is 0 Å². The van der Waals surface area contributed by atoms with Gasteiger partial charge >= 0.3 is 0 Å². The third-order valence-corrected chi connectivity index (χ3v) is 3.34. The van der Waals surface area contributed by atoms with Crippen LogP contribution in [-0.4, -0.2) is 0 Å². The van der Waals surface area contributed by atoms with Gasteiger partial charge < -0.3 is 0 Å². The van der Waals surface area contributed by atoms with E-state index in [1.165, 1.54) is 12.8 Å². The molecule has 0 aromatic heterocycles. The normalized spacial score (nSPS) is 41.3. The maximum Gasteiger partial charge on any atom is -0.0391 e. The van der Waals surface area contributed by atoms with Crippen molar-refractivity contribution in [2.75, 3.05) is 0 Å². The molecular formula is C12H24. The van der Waals surface area contributed by atoms with Gasteiger partial charge in [0.1, 0.15) is 0 Å². The summed E-state index contributed by atoms with van der Waals surface area (Å²) in [6, 6.07) is 0. The highest BCUT2D eigenvalue weighted by Crippen LogP contribution is 2.36. The lowest BCUT2D eigenvalue weighted by atomic mass is 9.71. The summed E-state index contributed by atoms with van der Waals surface area (Å²) in [6.45, 7) is 15.6. The predicted octanol–water partition coefficient (Wildman–Crippen LogP) is 4.13. The minimum absolute atomic E-state index is 0.955. The Morgan fingerprint density at radius 1 is 0.833 bits per heavy atom. The molecule has 0 amide bonds. The smallest absolute Gasteiger partial charge is 0.0391 e. The van der Waals surface area contributed by atoms with Gasteiger partial charge in [0.05, 0.1) is 0 Å². The highest BCUT2D eigenvalue weighted by Gasteiger charge is 2.27. The predicted molar refractivity (Wildman–Crippen MR) is 57.1 cm³/mol. The van der Waals surface area contributed by atoms with Crippen molar-refractivity contribution in [3.05, 3.63) is 13.2 Å². The van der Waals surface area contributed by atoms with Crippen LogP contribution in [0.2, 0.25) is 0 Å². The van der Waals surface area contributed by atoms with Gasteiger partial charge in [-0.05, 0) is 36.5 Å². The summed E-state index contributed by atoms with van der Waals surface area (Å²) in [7, 11) is 0. The van der Waals surface area contributed by atoms with Crippen molar-refractivity contribution in [1.82, 2.24) is 0 Å². The van der Waals surface area contributed by atoms with Crippen molar-refractivity contribution in [2.24, 2.45) is 23.7 Å². The van der Waals surface area contributed by atoms with Gasteiger partial charge in [-0.3, -0.25) is 0 Å². The summed E-state index contributed by atoms with van der Waals surface area (Å²) in [4.78, 5) is 0. The van der Waals surface area contributed by atoms with Gasteiger partial charge in [0.25, 0.3) is 0 Å². The van der Waals surface area contributed by atoms with Crippen LogP contribution >= 0.6 is 0 Å². The van der Waals surface area contributed by atoms with Crippen molar-refractivity contribution in [1.29, 1.82) is 0 Å². The topological polar surface area (TPSA) is 0 Å². The Morgan fingerprint density at radius 3 is 1.50 bits per heavy atom. The molecule has 0 aromatic carbocycles. The summed E-state index contributed by atoms with van der Waals surface area (Å²) in [5, 5.41) is 0. The van der Waals surface area contributed by atoms with Crippen LogP contribution in [0.1, 0.15) is 40.5 Å². The Labute approximate surface area is 78.1 Å². The zero-order valence-electron chi connectivity index (χ0n) is 9.14. The molecule has 0 nitrogen and oxygen atoms in total. The Kier molecular flexibility index (Phi) is 5.28. The van der Waals surface area contributed by atoms with Gasteiger partial charge in [-0.15, -0.1) is 13.2 Å². The molecule has 12 heavy (non-hydrogen) atoms. The summed E-state index contributed by atoms with van der Waals surface area (Å²) in [5.41, 5.74) is 0. The Balaban J connectivity index is 0.000000561. The van der Waals surface area contributed by atoms with Crippen molar-refractivity contribution in [3.63, 3.8) is 0 Å². The average Bonchev–Trinajstić information content (AvgIpc) is 2.04. The third-order valence-electron chi connectivity index (χ3n) is 3.34. The van der Waals surface area contributed by atoms with E-state index in [0.717, 1.165) is 23.7 Å². The van der Waals surface area contributed by atoms with Crippen LogP contribution < -0.4 is 0 Å². The summed E-state index contributed by atoms with van der Waals surface area (Å²) in [6.07, 6.45) is 2.90. The van der Waals surface area contributed by atoms with E-state index in [1.807, 2.05) is 0 Å². The molecule has 72 valence electrons. The Bertz CT molecular complexity index is 105. The minimum Gasteiger partial charge on any atom is -0.106 e. The maximum atomic E-state index is 3.00. The third kappa shape index (κ3) is 3.00. The van der Waals surface area contributed by atoms with Crippen LogP contribution in [0.25, 0.3) is 0 Å². The van der Waals surface area contributed by atoms with Crippen LogP contribution in [-0.2, 0) is 0 Å². The van der Waals surface area contributed by atoms with E-state index in [-0.39, 0.29) is 0 Å². The molecule has 0 N–H and O–H groups in total. The van der Waals surface area contributed by atoms with Gasteiger partial charge in [0.2, 0.25) is 0 Å². The summed E-state index contributed by atoms with van der Waals surface area (Å²) >= 11 is 0. The van der Waals surface area contributed by atoms with E-state index in [1.54, 1.807) is 0 Å². The Morgan fingerprint density at radius 2 is 1.17 bits per heavy atom. The lowest BCUT2D eigenvalue weighted by Crippen LogP contribution is -2.26. The van der Waals surface area contributed by atoms with E-state index in [4.69, 9.17) is 0 Å². The lowest BCUT2D eigenvalue weighted by Gasteiger charge is -2.35. The molecule has 1 aliphatic rings. The molecule has 1 fully saturated rings. The molecule has 0 aromatic rings. The second-order valence-corrected chi connectivity index (χ2v) is 4.39.